The third kappa shape index (κ3) is 2.98. The average Bonchev–Trinajstić information content (AvgIpc) is 1.86. The molecule has 0 aliphatic heterocycles. The van der Waals surface area contributed by atoms with Gasteiger partial charge in [-0.1, -0.05) is 0 Å². The summed E-state index contributed by atoms with van der Waals surface area (Å²) >= 11 is 0. The summed E-state index contributed by atoms with van der Waals surface area (Å²) in [6.07, 6.45) is -9.02. The van der Waals surface area contributed by atoms with Crippen molar-refractivity contribution in [3.8, 4) is 0 Å². The van der Waals surface area contributed by atoms with Crippen LogP contribution in [0.25, 0.3) is 0 Å². The van der Waals surface area contributed by atoms with E-state index in [0.717, 1.165) is 0 Å². The molecule has 0 fully saturated rings. The van der Waals surface area contributed by atoms with E-state index in [0.29, 0.717) is 0 Å². The van der Waals surface area contributed by atoms with Gasteiger partial charge in [-0.15, -0.1) is 0 Å². The lowest BCUT2D eigenvalue weighted by Gasteiger charge is -2.17. The van der Waals surface area contributed by atoms with E-state index < -0.39 is 31.6 Å². The van der Waals surface area contributed by atoms with Crippen LogP contribution in [-0.2, 0) is 0 Å². The van der Waals surface area contributed by atoms with E-state index in [4.69, 9.17) is 0 Å². The molecule has 67 valence electrons. The Hall–Kier alpha value is -0.420. The molecule has 0 saturated heterocycles. The molecule has 6 heteroatoms. The van der Waals surface area contributed by atoms with E-state index in [9.17, 15) is 26.3 Å². The molecule has 0 N–H and O–H groups in total. The Morgan fingerprint density at radius 3 is 1.91 bits per heavy atom. The number of alkyl halides is 5. The Balaban J connectivity index is 4.05. The first kappa shape index (κ1) is 10.6. The maximum Gasteiger partial charge on any atom is 0.287 e. The van der Waals surface area contributed by atoms with Crippen LogP contribution in [0.4, 0.5) is 26.3 Å². The summed E-state index contributed by atoms with van der Waals surface area (Å²) in [6, 6.07) is 0. The normalized spacial score (nSPS) is 15.5. The van der Waals surface area contributed by atoms with Crippen LogP contribution >= 0.6 is 0 Å². The van der Waals surface area contributed by atoms with Crippen LogP contribution in [0.5, 0.6) is 0 Å². The first-order valence-electron chi connectivity index (χ1n) is 2.63. The molecular formula is C5H5F6. The zero-order valence-electron chi connectivity index (χ0n) is 5.21. The molecule has 0 rings (SSSR count). The van der Waals surface area contributed by atoms with Crippen molar-refractivity contribution < 1.29 is 26.3 Å². The minimum Gasteiger partial charge on any atom is -0.244 e. The Labute approximate surface area is 59.2 Å². The lowest BCUT2D eigenvalue weighted by atomic mass is 10.1. The largest absolute Gasteiger partial charge is 0.287 e. The fraction of sp³-hybridized carbons (Fsp3) is 0.800. The number of hydrogen-bond acceptors (Lipinski definition) is 0. The Morgan fingerprint density at radius 1 is 1.18 bits per heavy atom. The van der Waals surface area contributed by atoms with Gasteiger partial charge in [0.1, 0.15) is 6.67 Å². The highest BCUT2D eigenvalue weighted by atomic mass is 19.3. The highest BCUT2D eigenvalue weighted by Crippen LogP contribution is 2.30. The first-order chi connectivity index (χ1) is 4.91. The Morgan fingerprint density at radius 2 is 1.64 bits per heavy atom. The zero-order chi connectivity index (χ0) is 9.07. The summed E-state index contributed by atoms with van der Waals surface area (Å²) in [5, 5.41) is 0. The molecule has 1 atom stereocenters. The summed E-state index contributed by atoms with van der Waals surface area (Å²) in [4.78, 5) is 0. The van der Waals surface area contributed by atoms with Crippen LogP contribution in [0, 0.1) is 6.67 Å². The predicted octanol–water partition coefficient (Wildman–Crippen LogP) is 2.75. The van der Waals surface area contributed by atoms with E-state index in [-0.39, 0.29) is 0 Å². The molecule has 0 aliphatic rings. The van der Waals surface area contributed by atoms with Crippen molar-refractivity contribution in [3.63, 3.8) is 0 Å². The summed E-state index contributed by atoms with van der Waals surface area (Å²) in [7, 11) is 0. The summed E-state index contributed by atoms with van der Waals surface area (Å²) in [5.41, 5.74) is 0. The zero-order valence-corrected chi connectivity index (χ0v) is 5.21. The van der Waals surface area contributed by atoms with Crippen molar-refractivity contribution in [2.45, 2.75) is 24.9 Å². The lowest BCUT2D eigenvalue weighted by molar-refractivity contribution is -0.128. The maximum atomic E-state index is 11.9. The smallest absolute Gasteiger partial charge is 0.244 e. The van der Waals surface area contributed by atoms with Crippen molar-refractivity contribution in [1.82, 2.24) is 0 Å². The van der Waals surface area contributed by atoms with Gasteiger partial charge >= 0.3 is 0 Å². The van der Waals surface area contributed by atoms with Crippen molar-refractivity contribution in [2.24, 2.45) is 0 Å². The van der Waals surface area contributed by atoms with Crippen LogP contribution in [0.3, 0.4) is 0 Å². The molecule has 0 aliphatic carbocycles. The van der Waals surface area contributed by atoms with Crippen LogP contribution in [0.1, 0.15) is 6.42 Å². The monoisotopic (exact) mass is 179 g/mol. The van der Waals surface area contributed by atoms with Gasteiger partial charge in [-0.05, 0) is 0 Å². The van der Waals surface area contributed by atoms with Gasteiger partial charge in [-0.25, -0.2) is 26.3 Å². The van der Waals surface area contributed by atoms with Gasteiger partial charge in [0.25, 0.3) is 12.3 Å². The molecule has 0 amide bonds. The van der Waals surface area contributed by atoms with Gasteiger partial charge in [0.2, 0.25) is 6.17 Å². The number of hydrogen-bond donors (Lipinski definition) is 0. The molecule has 0 heterocycles. The molecule has 0 spiro atoms. The molecule has 0 saturated carbocycles. The fourth-order valence-corrected chi connectivity index (χ4v) is 0.400. The molecule has 1 unspecified atom stereocenters. The van der Waals surface area contributed by atoms with Crippen molar-refractivity contribution in [1.29, 1.82) is 0 Å². The van der Waals surface area contributed by atoms with E-state index in [1.807, 2.05) is 0 Å². The maximum absolute atomic E-state index is 11.9. The van der Waals surface area contributed by atoms with Crippen molar-refractivity contribution >= 4 is 0 Å². The third-order valence-corrected chi connectivity index (χ3v) is 0.974. The van der Waals surface area contributed by atoms with Gasteiger partial charge < -0.3 is 0 Å². The van der Waals surface area contributed by atoms with E-state index >= 15 is 0 Å². The molecule has 11 heavy (non-hydrogen) atoms. The van der Waals surface area contributed by atoms with Gasteiger partial charge in [0, 0.05) is 6.42 Å². The molecule has 0 bridgehead atoms. The van der Waals surface area contributed by atoms with Crippen LogP contribution in [0.15, 0.2) is 0 Å². The standard InChI is InChI=1S/C5H5F6/c6-2-1-5(10,11)3(7)4(8)9/h2-4H,1H2. The highest BCUT2D eigenvalue weighted by molar-refractivity contribution is 4.81. The Bertz CT molecular complexity index is 112. The van der Waals surface area contributed by atoms with Crippen LogP contribution in [0.2, 0.25) is 0 Å². The quantitative estimate of drug-likeness (QED) is 0.582. The minimum absolute atomic E-state index is 0.547. The molecular weight excluding hydrogens is 174 g/mol. The SMILES string of the molecule is F[CH]CC(F)(F)C(F)C(F)F. The third-order valence-electron chi connectivity index (χ3n) is 0.974. The summed E-state index contributed by atoms with van der Waals surface area (Å²) in [6.45, 7) is -0.547. The van der Waals surface area contributed by atoms with Crippen LogP contribution in [-0.4, -0.2) is 18.5 Å². The van der Waals surface area contributed by atoms with Gasteiger partial charge in [-0.2, -0.15) is 0 Å². The fourth-order valence-electron chi connectivity index (χ4n) is 0.400. The first-order valence-corrected chi connectivity index (χ1v) is 2.63. The number of halogens is 6. The van der Waals surface area contributed by atoms with E-state index in [1.54, 1.807) is 0 Å². The van der Waals surface area contributed by atoms with Gasteiger partial charge in [0.15, 0.2) is 0 Å². The molecule has 1 radical (unpaired) electrons. The number of rotatable bonds is 4. The van der Waals surface area contributed by atoms with Crippen LogP contribution < -0.4 is 0 Å². The topological polar surface area (TPSA) is 0 Å². The summed E-state index contributed by atoms with van der Waals surface area (Å²) < 4.78 is 69.3. The molecule has 0 nitrogen and oxygen atoms in total. The molecule has 0 aromatic rings. The second-order valence-electron chi connectivity index (χ2n) is 1.86. The second kappa shape index (κ2) is 3.82. The van der Waals surface area contributed by atoms with Gasteiger partial charge in [0.05, 0.1) is 0 Å². The molecule has 0 aromatic carbocycles. The lowest BCUT2D eigenvalue weighted by Crippen LogP contribution is -2.35. The Kier molecular flexibility index (Phi) is 3.68. The minimum atomic E-state index is -4.32. The second-order valence-corrected chi connectivity index (χ2v) is 1.86. The highest BCUT2D eigenvalue weighted by Gasteiger charge is 2.45. The van der Waals surface area contributed by atoms with E-state index in [2.05, 4.69) is 0 Å². The summed E-state index contributed by atoms with van der Waals surface area (Å²) in [5.74, 6) is -4.32. The predicted molar refractivity (Wildman–Crippen MR) is 25.9 cm³/mol. The van der Waals surface area contributed by atoms with Gasteiger partial charge in [-0.3, -0.25) is 0 Å². The van der Waals surface area contributed by atoms with E-state index in [1.165, 1.54) is 0 Å². The van der Waals surface area contributed by atoms with Crippen molar-refractivity contribution in [2.75, 3.05) is 0 Å². The van der Waals surface area contributed by atoms with Crippen molar-refractivity contribution in [3.05, 3.63) is 6.67 Å². The average molecular weight is 179 g/mol. The molecule has 0 aromatic heterocycles.